The summed E-state index contributed by atoms with van der Waals surface area (Å²) in [5.41, 5.74) is 2.99. The van der Waals surface area contributed by atoms with Gasteiger partial charge in [-0.25, -0.2) is 4.39 Å². The second-order valence-electron chi connectivity index (χ2n) is 5.28. The molecule has 0 saturated heterocycles. The van der Waals surface area contributed by atoms with E-state index in [0.717, 1.165) is 11.1 Å². The highest BCUT2D eigenvalue weighted by Gasteiger charge is 2.32. The third-order valence-corrected chi connectivity index (χ3v) is 4.54. The Labute approximate surface area is 140 Å². The van der Waals surface area contributed by atoms with Crippen LogP contribution in [0.1, 0.15) is 25.6 Å². The van der Waals surface area contributed by atoms with Gasteiger partial charge in [-0.15, -0.1) is 11.8 Å². The molecule has 0 fully saturated rings. The highest BCUT2D eigenvalue weighted by Crippen LogP contribution is 2.37. The molecule has 1 aliphatic heterocycles. The molecule has 22 heavy (non-hydrogen) atoms. The number of allylic oxidation sites excluding steroid dienone is 3. The lowest BCUT2D eigenvalue weighted by atomic mass is 10.1. The maximum atomic E-state index is 14.5. The van der Waals surface area contributed by atoms with Gasteiger partial charge in [-0.05, 0) is 43.4 Å². The van der Waals surface area contributed by atoms with Crippen molar-refractivity contribution in [1.29, 1.82) is 0 Å². The van der Waals surface area contributed by atoms with Crippen LogP contribution in [0.2, 0.25) is 0 Å². The molecule has 2 nitrogen and oxygen atoms in total. The average Bonchev–Trinajstić information content (AvgIpc) is 2.84. The molecular weight excluding hydrogens is 319 g/mol. The van der Waals surface area contributed by atoms with Crippen molar-refractivity contribution in [1.82, 2.24) is 10.2 Å². The van der Waals surface area contributed by atoms with Crippen LogP contribution in [0, 0.1) is 0 Å². The summed E-state index contributed by atoms with van der Waals surface area (Å²) in [6, 6.07) is 8.22. The SMILES string of the molecule is C=C(C)C1=C(/C(F)=C(\C)Cl)N(C)C(c2ccc(SC)cc2)N1. The van der Waals surface area contributed by atoms with Gasteiger partial charge in [0.25, 0.3) is 0 Å². The molecule has 5 heteroatoms. The number of rotatable bonds is 4. The van der Waals surface area contributed by atoms with Crippen molar-refractivity contribution in [2.24, 2.45) is 0 Å². The van der Waals surface area contributed by atoms with E-state index in [2.05, 4.69) is 24.0 Å². The molecule has 0 bridgehead atoms. The average molecular weight is 339 g/mol. The Morgan fingerprint density at radius 1 is 1.32 bits per heavy atom. The van der Waals surface area contributed by atoms with Crippen LogP contribution in [-0.4, -0.2) is 18.2 Å². The van der Waals surface area contributed by atoms with E-state index >= 15 is 0 Å². The number of nitrogens with zero attached hydrogens (tertiary/aromatic N) is 1. The summed E-state index contributed by atoms with van der Waals surface area (Å²) in [5.74, 6) is -0.419. The lowest BCUT2D eigenvalue weighted by molar-refractivity contribution is 0.311. The van der Waals surface area contributed by atoms with E-state index in [1.807, 2.05) is 37.3 Å². The van der Waals surface area contributed by atoms with Crippen LogP contribution in [0.4, 0.5) is 4.39 Å². The summed E-state index contributed by atoms with van der Waals surface area (Å²) in [4.78, 5) is 3.06. The molecule has 118 valence electrons. The van der Waals surface area contributed by atoms with Crippen molar-refractivity contribution in [3.05, 3.63) is 64.2 Å². The minimum absolute atomic E-state index is 0.139. The van der Waals surface area contributed by atoms with Gasteiger partial charge in [-0.1, -0.05) is 30.3 Å². The zero-order chi connectivity index (χ0) is 16.4. The summed E-state index contributed by atoms with van der Waals surface area (Å²) in [6.45, 7) is 7.34. The van der Waals surface area contributed by atoms with Gasteiger partial charge >= 0.3 is 0 Å². The van der Waals surface area contributed by atoms with Crippen LogP contribution >= 0.6 is 23.4 Å². The Balaban J connectivity index is 2.40. The fourth-order valence-corrected chi connectivity index (χ4v) is 2.95. The fourth-order valence-electron chi connectivity index (χ4n) is 2.45. The highest BCUT2D eigenvalue weighted by atomic mass is 35.5. The first-order chi connectivity index (χ1) is 10.4. The first-order valence-corrected chi connectivity index (χ1v) is 8.52. The summed E-state index contributed by atoms with van der Waals surface area (Å²) in [6.07, 6.45) is 1.90. The molecule has 1 atom stereocenters. The van der Waals surface area contributed by atoms with Crippen molar-refractivity contribution < 1.29 is 4.39 Å². The van der Waals surface area contributed by atoms with Crippen LogP contribution in [0.3, 0.4) is 0 Å². The topological polar surface area (TPSA) is 15.3 Å². The molecule has 0 spiro atoms. The van der Waals surface area contributed by atoms with E-state index in [1.54, 1.807) is 18.7 Å². The molecule has 0 saturated carbocycles. The van der Waals surface area contributed by atoms with Gasteiger partial charge in [0.05, 0.1) is 16.4 Å². The third kappa shape index (κ3) is 3.18. The van der Waals surface area contributed by atoms with E-state index in [-0.39, 0.29) is 11.2 Å². The Kier molecular flexibility index (Phi) is 5.24. The van der Waals surface area contributed by atoms with Gasteiger partial charge in [0.1, 0.15) is 6.17 Å². The van der Waals surface area contributed by atoms with Crippen LogP contribution in [0.5, 0.6) is 0 Å². The maximum Gasteiger partial charge on any atom is 0.162 e. The van der Waals surface area contributed by atoms with Gasteiger partial charge in [0.15, 0.2) is 5.83 Å². The zero-order valence-corrected chi connectivity index (χ0v) is 14.8. The first kappa shape index (κ1) is 17.0. The molecule has 0 radical (unpaired) electrons. The van der Waals surface area contributed by atoms with Crippen molar-refractivity contribution in [3.8, 4) is 0 Å². The number of benzene rings is 1. The largest absolute Gasteiger partial charge is 0.359 e. The van der Waals surface area contributed by atoms with E-state index < -0.39 is 5.83 Å². The van der Waals surface area contributed by atoms with E-state index in [4.69, 9.17) is 11.6 Å². The molecule has 0 amide bonds. The summed E-state index contributed by atoms with van der Waals surface area (Å²) >= 11 is 7.55. The molecular formula is C17H20ClFN2S. The van der Waals surface area contributed by atoms with Gasteiger partial charge in [0, 0.05) is 11.9 Å². The third-order valence-electron chi connectivity index (χ3n) is 3.63. The lowest BCUT2D eigenvalue weighted by Crippen LogP contribution is -2.26. The van der Waals surface area contributed by atoms with Crippen LogP contribution in [0.25, 0.3) is 0 Å². The molecule has 1 aliphatic rings. The van der Waals surface area contributed by atoms with Crippen molar-refractivity contribution >= 4 is 23.4 Å². The molecule has 0 aromatic heterocycles. The standard InChI is InChI=1S/C17H20ClFN2S/c1-10(2)15-16(14(19)11(3)18)21(4)17(20-15)12-6-8-13(22-5)9-7-12/h6-9,17,20H,1H2,2-5H3/b14-11-. The van der Waals surface area contributed by atoms with Gasteiger partial charge in [0.2, 0.25) is 0 Å². The Hall–Kier alpha value is -1.39. The monoisotopic (exact) mass is 338 g/mol. The minimum atomic E-state index is -0.419. The second kappa shape index (κ2) is 6.80. The summed E-state index contributed by atoms with van der Waals surface area (Å²) < 4.78 is 14.5. The molecule has 2 rings (SSSR count). The van der Waals surface area contributed by atoms with Gasteiger partial charge in [-0.3, -0.25) is 0 Å². The van der Waals surface area contributed by atoms with E-state index in [9.17, 15) is 4.39 Å². The zero-order valence-electron chi connectivity index (χ0n) is 13.2. The van der Waals surface area contributed by atoms with E-state index in [0.29, 0.717) is 11.4 Å². The van der Waals surface area contributed by atoms with Crippen LogP contribution in [0.15, 0.2) is 63.6 Å². The minimum Gasteiger partial charge on any atom is -0.359 e. The number of halogens is 2. The summed E-state index contributed by atoms with van der Waals surface area (Å²) in [7, 11) is 1.85. The normalized spacial score (nSPS) is 19.2. The Morgan fingerprint density at radius 2 is 1.91 bits per heavy atom. The Morgan fingerprint density at radius 3 is 2.36 bits per heavy atom. The molecule has 1 aromatic rings. The predicted octanol–water partition coefficient (Wildman–Crippen LogP) is 5.17. The van der Waals surface area contributed by atoms with Crippen LogP contribution < -0.4 is 5.32 Å². The van der Waals surface area contributed by atoms with Gasteiger partial charge < -0.3 is 10.2 Å². The second-order valence-corrected chi connectivity index (χ2v) is 6.73. The fraction of sp³-hybridized carbons (Fsp3) is 0.294. The quantitative estimate of drug-likeness (QED) is 0.762. The molecule has 0 aliphatic carbocycles. The molecule has 1 heterocycles. The molecule has 1 unspecified atom stereocenters. The highest BCUT2D eigenvalue weighted by molar-refractivity contribution is 7.98. The lowest BCUT2D eigenvalue weighted by Gasteiger charge is -2.24. The number of thioether (sulfide) groups is 1. The van der Waals surface area contributed by atoms with Crippen molar-refractivity contribution in [2.45, 2.75) is 24.9 Å². The summed E-state index contributed by atoms with van der Waals surface area (Å²) in [5, 5.41) is 3.49. The number of likely N-dealkylation sites (N-methyl/N-ethyl adjacent to an activating group) is 1. The molecule has 1 aromatic carbocycles. The van der Waals surface area contributed by atoms with Gasteiger partial charge in [-0.2, -0.15) is 0 Å². The van der Waals surface area contributed by atoms with Crippen molar-refractivity contribution in [3.63, 3.8) is 0 Å². The maximum absolute atomic E-state index is 14.5. The van der Waals surface area contributed by atoms with E-state index in [1.165, 1.54) is 4.90 Å². The number of hydrogen-bond acceptors (Lipinski definition) is 3. The Bertz CT molecular complexity index is 645. The van der Waals surface area contributed by atoms with Crippen LogP contribution in [-0.2, 0) is 0 Å². The predicted molar refractivity (Wildman–Crippen MR) is 93.4 cm³/mol. The first-order valence-electron chi connectivity index (χ1n) is 6.92. The molecule has 1 N–H and O–H groups in total. The number of hydrogen-bond donors (Lipinski definition) is 1. The van der Waals surface area contributed by atoms with Crippen molar-refractivity contribution in [2.75, 3.05) is 13.3 Å². The number of nitrogens with one attached hydrogen (secondary N) is 1. The smallest absolute Gasteiger partial charge is 0.162 e.